The zero-order chi connectivity index (χ0) is 9.10. The van der Waals surface area contributed by atoms with Gasteiger partial charge in [-0.05, 0) is 11.4 Å². The first-order chi connectivity index (χ1) is 6.40. The molecular formula is C8H6N4S. The van der Waals surface area contributed by atoms with Crippen molar-refractivity contribution in [1.29, 1.82) is 5.26 Å². The summed E-state index contributed by atoms with van der Waals surface area (Å²) in [4.78, 5) is 4.16. The average molecular weight is 190 g/mol. The molecule has 0 bridgehead atoms. The number of aromatic nitrogens is 3. The van der Waals surface area contributed by atoms with E-state index in [2.05, 4.69) is 15.2 Å². The number of nitrogens with one attached hydrogen (secondary N) is 1. The fourth-order valence-corrected chi connectivity index (χ4v) is 1.60. The highest BCUT2D eigenvalue weighted by molar-refractivity contribution is 7.08. The van der Waals surface area contributed by atoms with E-state index in [-0.39, 0.29) is 6.42 Å². The van der Waals surface area contributed by atoms with E-state index in [0.717, 1.165) is 5.56 Å². The number of hydrogen-bond acceptors (Lipinski definition) is 4. The van der Waals surface area contributed by atoms with E-state index in [1.165, 1.54) is 0 Å². The molecule has 0 fully saturated rings. The SMILES string of the molecule is N#CCc1nc(-c2ccsc2)n[nH]1. The molecule has 64 valence electrons. The van der Waals surface area contributed by atoms with Crippen molar-refractivity contribution in [3.8, 4) is 17.5 Å². The molecule has 1 N–H and O–H groups in total. The van der Waals surface area contributed by atoms with E-state index < -0.39 is 0 Å². The lowest BCUT2D eigenvalue weighted by atomic mass is 10.3. The number of H-pyrrole nitrogens is 1. The second kappa shape index (κ2) is 3.37. The van der Waals surface area contributed by atoms with Crippen molar-refractivity contribution >= 4 is 11.3 Å². The van der Waals surface area contributed by atoms with Gasteiger partial charge in [0, 0.05) is 10.9 Å². The largest absolute Gasteiger partial charge is 0.262 e. The fourth-order valence-electron chi connectivity index (χ4n) is 0.970. The monoisotopic (exact) mass is 190 g/mol. The first kappa shape index (κ1) is 7.95. The minimum Gasteiger partial charge on any atom is -0.262 e. The van der Waals surface area contributed by atoms with E-state index in [0.29, 0.717) is 11.6 Å². The molecule has 0 aliphatic rings. The van der Waals surface area contributed by atoms with Gasteiger partial charge >= 0.3 is 0 Å². The summed E-state index contributed by atoms with van der Waals surface area (Å²) in [5.74, 6) is 1.27. The molecule has 2 aromatic heterocycles. The minimum atomic E-state index is 0.275. The molecule has 0 radical (unpaired) electrons. The van der Waals surface area contributed by atoms with Gasteiger partial charge in [-0.15, -0.1) is 0 Å². The zero-order valence-corrected chi connectivity index (χ0v) is 7.51. The van der Waals surface area contributed by atoms with Gasteiger partial charge in [-0.2, -0.15) is 21.7 Å². The molecule has 0 aliphatic heterocycles. The Morgan fingerprint density at radius 1 is 1.62 bits per heavy atom. The molecule has 0 amide bonds. The molecule has 2 aromatic rings. The summed E-state index contributed by atoms with van der Waals surface area (Å²) in [5.41, 5.74) is 0.991. The number of hydrogen-bond donors (Lipinski definition) is 1. The second-order valence-electron chi connectivity index (χ2n) is 2.45. The predicted octanol–water partition coefficient (Wildman–Crippen LogP) is 1.60. The van der Waals surface area contributed by atoms with Gasteiger partial charge < -0.3 is 0 Å². The summed E-state index contributed by atoms with van der Waals surface area (Å²) in [5, 5.41) is 19.1. The van der Waals surface area contributed by atoms with Crippen molar-refractivity contribution in [3.05, 3.63) is 22.7 Å². The summed E-state index contributed by atoms with van der Waals surface area (Å²) in [6.07, 6.45) is 0.275. The number of rotatable bonds is 2. The second-order valence-corrected chi connectivity index (χ2v) is 3.23. The normalized spacial score (nSPS) is 9.77. The number of aromatic amines is 1. The van der Waals surface area contributed by atoms with Crippen molar-refractivity contribution < 1.29 is 0 Å². The van der Waals surface area contributed by atoms with Crippen molar-refractivity contribution in [2.75, 3.05) is 0 Å². The van der Waals surface area contributed by atoms with Gasteiger partial charge in [0.2, 0.25) is 0 Å². The Balaban J connectivity index is 2.29. The van der Waals surface area contributed by atoms with E-state index >= 15 is 0 Å². The molecule has 4 nitrogen and oxygen atoms in total. The first-order valence-electron chi connectivity index (χ1n) is 3.71. The first-order valence-corrected chi connectivity index (χ1v) is 4.65. The summed E-state index contributed by atoms with van der Waals surface area (Å²) in [6, 6.07) is 3.96. The predicted molar refractivity (Wildman–Crippen MR) is 49.0 cm³/mol. The van der Waals surface area contributed by atoms with Crippen molar-refractivity contribution in [1.82, 2.24) is 15.2 Å². The Kier molecular flexibility index (Phi) is 2.06. The van der Waals surface area contributed by atoms with Gasteiger partial charge in [0.15, 0.2) is 5.82 Å². The van der Waals surface area contributed by atoms with E-state index in [4.69, 9.17) is 5.26 Å². The molecule has 0 aliphatic carbocycles. The van der Waals surface area contributed by atoms with E-state index in [9.17, 15) is 0 Å². The van der Waals surface area contributed by atoms with Crippen LogP contribution in [0.25, 0.3) is 11.4 Å². The molecule has 5 heteroatoms. The molecule has 0 saturated carbocycles. The van der Waals surface area contributed by atoms with Crippen LogP contribution in [0.4, 0.5) is 0 Å². The van der Waals surface area contributed by atoms with Crippen LogP contribution in [0.5, 0.6) is 0 Å². The summed E-state index contributed by atoms with van der Waals surface area (Å²) in [7, 11) is 0. The van der Waals surface area contributed by atoms with Crippen molar-refractivity contribution in [3.63, 3.8) is 0 Å². The van der Waals surface area contributed by atoms with Crippen LogP contribution in [0.1, 0.15) is 5.82 Å². The van der Waals surface area contributed by atoms with Gasteiger partial charge in [-0.25, -0.2) is 4.98 Å². The lowest BCUT2D eigenvalue weighted by molar-refractivity contribution is 0.996. The van der Waals surface area contributed by atoms with Gasteiger partial charge in [-0.3, -0.25) is 5.10 Å². The van der Waals surface area contributed by atoms with Gasteiger partial charge in [0.1, 0.15) is 5.82 Å². The third-order valence-electron chi connectivity index (χ3n) is 1.56. The summed E-state index contributed by atoms with van der Waals surface area (Å²) >= 11 is 1.60. The standard InChI is InChI=1S/C8H6N4S/c9-3-1-7-10-8(12-11-7)6-2-4-13-5-6/h2,4-5H,1H2,(H,10,11,12). The molecular weight excluding hydrogens is 184 g/mol. The van der Waals surface area contributed by atoms with E-state index in [1.807, 2.05) is 22.9 Å². The smallest absolute Gasteiger partial charge is 0.182 e. The Morgan fingerprint density at radius 2 is 2.54 bits per heavy atom. The van der Waals surface area contributed by atoms with Crippen LogP contribution in [0.15, 0.2) is 16.8 Å². The molecule has 0 atom stereocenters. The third-order valence-corrected chi connectivity index (χ3v) is 2.24. The average Bonchev–Trinajstić information content (AvgIpc) is 2.70. The maximum atomic E-state index is 8.42. The molecule has 0 spiro atoms. The highest BCUT2D eigenvalue weighted by Crippen LogP contribution is 2.17. The molecule has 0 unspecified atom stereocenters. The van der Waals surface area contributed by atoms with Crippen LogP contribution in [0.3, 0.4) is 0 Å². The molecule has 0 aromatic carbocycles. The van der Waals surface area contributed by atoms with Crippen LogP contribution < -0.4 is 0 Å². The number of thiophene rings is 1. The van der Waals surface area contributed by atoms with Gasteiger partial charge in [0.25, 0.3) is 0 Å². The number of nitriles is 1. The molecule has 13 heavy (non-hydrogen) atoms. The highest BCUT2D eigenvalue weighted by Gasteiger charge is 2.04. The molecule has 2 heterocycles. The third kappa shape index (κ3) is 1.58. The lowest BCUT2D eigenvalue weighted by Gasteiger charge is -1.83. The van der Waals surface area contributed by atoms with Gasteiger partial charge in [-0.1, -0.05) is 0 Å². The topological polar surface area (TPSA) is 65.4 Å². The highest BCUT2D eigenvalue weighted by atomic mass is 32.1. The maximum absolute atomic E-state index is 8.42. The fraction of sp³-hybridized carbons (Fsp3) is 0.125. The van der Waals surface area contributed by atoms with Gasteiger partial charge in [0.05, 0.1) is 12.5 Å². The van der Waals surface area contributed by atoms with Crippen LogP contribution in [0, 0.1) is 11.3 Å². The van der Waals surface area contributed by atoms with Crippen LogP contribution in [-0.2, 0) is 6.42 Å². The molecule has 0 saturated heterocycles. The van der Waals surface area contributed by atoms with Crippen LogP contribution in [0.2, 0.25) is 0 Å². The van der Waals surface area contributed by atoms with Crippen molar-refractivity contribution in [2.45, 2.75) is 6.42 Å². The Hall–Kier alpha value is -1.67. The Bertz CT molecular complexity index is 423. The number of nitrogens with zero attached hydrogens (tertiary/aromatic N) is 3. The summed E-state index contributed by atoms with van der Waals surface area (Å²) < 4.78 is 0. The minimum absolute atomic E-state index is 0.275. The lowest BCUT2D eigenvalue weighted by Crippen LogP contribution is -1.83. The van der Waals surface area contributed by atoms with Crippen LogP contribution >= 0.6 is 11.3 Å². The Morgan fingerprint density at radius 3 is 3.23 bits per heavy atom. The van der Waals surface area contributed by atoms with Crippen LogP contribution in [-0.4, -0.2) is 15.2 Å². The molecule has 2 rings (SSSR count). The quantitative estimate of drug-likeness (QED) is 0.782. The van der Waals surface area contributed by atoms with E-state index in [1.54, 1.807) is 11.3 Å². The summed E-state index contributed by atoms with van der Waals surface area (Å²) in [6.45, 7) is 0. The Labute approximate surface area is 78.9 Å². The zero-order valence-electron chi connectivity index (χ0n) is 6.69. The maximum Gasteiger partial charge on any atom is 0.182 e. The van der Waals surface area contributed by atoms with Crippen molar-refractivity contribution in [2.24, 2.45) is 0 Å².